The van der Waals surface area contributed by atoms with E-state index in [1.165, 1.54) is 13.3 Å². The molecule has 0 aliphatic rings. The van der Waals surface area contributed by atoms with Crippen LogP contribution in [0.15, 0.2) is 24.3 Å². The summed E-state index contributed by atoms with van der Waals surface area (Å²) in [4.78, 5) is 10.9. The fourth-order valence-electron chi connectivity index (χ4n) is 1.73. The van der Waals surface area contributed by atoms with Crippen molar-refractivity contribution in [3.05, 3.63) is 24.3 Å². The zero-order valence-electron chi connectivity index (χ0n) is 11.8. The molecule has 3 heteroatoms. The molecule has 100 valence electrons. The number of carbonyl (C=O) groups is 1. The molecule has 0 heterocycles. The van der Waals surface area contributed by atoms with Gasteiger partial charge in [0.1, 0.15) is 0 Å². The average molecular weight is 248 g/mol. The molecule has 0 fully saturated rings. The van der Waals surface area contributed by atoms with Crippen LogP contribution in [0.1, 0.15) is 40.5 Å². The van der Waals surface area contributed by atoms with Crippen molar-refractivity contribution >= 4 is 17.3 Å². The van der Waals surface area contributed by atoms with Gasteiger partial charge in [0, 0.05) is 24.8 Å². The summed E-state index contributed by atoms with van der Waals surface area (Å²) in [6, 6.07) is 7.80. The predicted molar refractivity (Wildman–Crippen MR) is 77.9 cm³/mol. The molecule has 1 amide bonds. The van der Waals surface area contributed by atoms with Crippen molar-refractivity contribution in [3.63, 3.8) is 0 Å². The highest BCUT2D eigenvalue weighted by Gasteiger charge is 2.08. The van der Waals surface area contributed by atoms with Crippen LogP contribution in [0.2, 0.25) is 0 Å². The molecule has 0 saturated heterocycles. The van der Waals surface area contributed by atoms with Gasteiger partial charge in [-0.3, -0.25) is 4.79 Å². The Morgan fingerprint density at radius 3 is 2.17 bits per heavy atom. The lowest BCUT2D eigenvalue weighted by Gasteiger charge is -2.18. The van der Waals surface area contributed by atoms with Gasteiger partial charge in [-0.25, -0.2) is 0 Å². The standard InChI is InChI=1S/C15H24N2O/c1-12(18)17-14-8-6-13(7-9-14)16-11-5-10-15(2,3)4/h6-9,16H,5,10-11H2,1-4H3,(H,17,18). The number of hydrogen-bond acceptors (Lipinski definition) is 2. The summed E-state index contributed by atoms with van der Waals surface area (Å²) < 4.78 is 0. The van der Waals surface area contributed by atoms with E-state index in [1.807, 2.05) is 24.3 Å². The second-order valence-electron chi connectivity index (χ2n) is 5.85. The Balaban J connectivity index is 2.33. The van der Waals surface area contributed by atoms with Gasteiger partial charge in [0.15, 0.2) is 0 Å². The van der Waals surface area contributed by atoms with Gasteiger partial charge >= 0.3 is 0 Å². The fourth-order valence-corrected chi connectivity index (χ4v) is 1.73. The van der Waals surface area contributed by atoms with Crippen LogP contribution in [0.4, 0.5) is 11.4 Å². The van der Waals surface area contributed by atoms with Gasteiger partial charge in [0.05, 0.1) is 0 Å². The third-order valence-corrected chi connectivity index (χ3v) is 2.64. The van der Waals surface area contributed by atoms with Gasteiger partial charge in [-0.15, -0.1) is 0 Å². The van der Waals surface area contributed by atoms with Crippen LogP contribution in [0.5, 0.6) is 0 Å². The summed E-state index contributed by atoms with van der Waals surface area (Å²) >= 11 is 0. The Kier molecular flexibility index (Phi) is 5.20. The largest absolute Gasteiger partial charge is 0.385 e. The molecule has 0 aromatic heterocycles. The molecule has 1 aromatic rings. The van der Waals surface area contributed by atoms with Crippen LogP contribution in [-0.4, -0.2) is 12.5 Å². The zero-order chi connectivity index (χ0) is 13.6. The van der Waals surface area contributed by atoms with Crippen molar-refractivity contribution in [2.75, 3.05) is 17.2 Å². The number of anilines is 2. The average Bonchev–Trinajstić information content (AvgIpc) is 2.24. The van der Waals surface area contributed by atoms with E-state index in [2.05, 4.69) is 31.4 Å². The number of hydrogen-bond donors (Lipinski definition) is 2. The summed E-state index contributed by atoms with van der Waals surface area (Å²) in [5.74, 6) is -0.0408. The minimum absolute atomic E-state index is 0.0408. The molecular formula is C15H24N2O. The van der Waals surface area contributed by atoms with E-state index in [0.717, 1.165) is 24.3 Å². The number of nitrogens with one attached hydrogen (secondary N) is 2. The van der Waals surface area contributed by atoms with Gasteiger partial charge in [0.25, 0.3) is 0 Å². The molecule has 1 rings (SSSR count). The van der Waals surface area contributed by atoms with Gasteiger partial charge < -0.3 is 10.6 Å². The first-order valence-electron chi connectivity index (χ1n) is 6.48. The minimum atomic E-state index is -0.0408. The van der Waals surface area contributed by atoms with Crippen molar-refractivity contribution in [2.45, 2.75) is 40.5 Å². The van der Waals surface area contributed by atoms with Gasteiger partial charge in [-0.2, -0.15) is 0 Å². The lowest BCUT2D eigenvalue weighted by Crippen LogP contribution is -2.09. The second-order valence-corrected chi connectivity index (χ2v) is 5.85. The third kappa shape index (κ3) is 6.28. The zero-order valence-corrected chi connectivity index (χ0v) is 11.8. The van der Waals surface area contributed by atoms with Crippen LogP contribution >= 0.6 is 0 Å². The van der Waals surface area contributed by atoms with E-state index >= 15 is 0 Å². The molecule has 0 unspecified atom stereocenters. The highest BCUT2D eigenvalue weighted by Crippen LogP contribution is 2.20. The van der Waals surface area contributed by atoms with E-state index in [4.69, 9.17) is 0 Å². The molecule has 18 heavy (non-hydrogen) atoms. The first-order valence-corrected chi connectivity index (χ1v) is 6.48. The molecule has 0 bridgehead atoms. The lowest BCUT2D eigenvalue weighted by atomic mass is 9.91. The maximum absolute atomic E-state index is 10.9. The lowest BCUT2D eigenvalue weighted by molar-refractivity contribution is -0.114. The Labute approximate surface area is 110 Å². The number of amides is 1. The molecular weight excluding hydrogens is 224 g/mol. The van der Waals surface area contributed by atoms with E-state index in [-0.39, 0.29) is 5.91 Å². The summed E-state index contributed by atoms with van der Waals surface area (Å²) in [7, 11) is 0. The smallest absolute Gasteiger partial charge is 0.221 e. The summed E-state index contributed by atoms with van der Waals surface area (Å²) in [5.41, 5.74) is 2.33. The van der Waals surface area contributed by atoms with Crippen LogP contribution < -0.4 is 10.6 Å². The maximum Gasteiger partial charge on any atom is 0.221 e. The van der Waals surface area contributed by atoms with E-state index in [1.54, 1.807) is 0 Å². The Hall–Kier alpha value is -1.51. The van der Waals surface area contributed by atoms with E-state index in [9.17, 15) is 4.79 Å². The van der Waals surface area contributed by atoms with Crippen molar-refractivity contribution < 1.29 is 4.79 Å². The molecule has 0 aliphatic carbocycles. The van der Waals surface area contributed by atoms with Crippen LogP contribution in [0.3, 0.4) is 0 Å². The van der Waals surface area contributed by atoms with Crippen LogP contribution in [0.25, 0.3) is 0 Å². The molecule has 0 radical (unpaired) electrons. The molecule has 0 saturated carbocycles. The number of rotatable bonds is 5. The second kappa shape index (κ2) is 6.43. The highest BCUT2D eigenvalue weighted by molar-refractivity contribution is 5.88. The topological polar surface area (TPSA) is 41.1 Å². The quantitative estimate of drug-likeness (QED) is 0.776. The van der Waals surface area contributed by atoms with E-state index in [0.29, 0.717) is 5.41 Å². The summed E-state index contributed by atoms with van der Waals surface area (Å²) in [6.45, 7) is 9.27. The van der Waals surface area contributed by atoms with E-state index < -0.39 is 0 Å². The first kappa shape index (κ1) is 14.6. The number of benzene rings is 1. The minimum Gasteiger partial charge on any atom is -0.385 e. The number of carbonyl (C=O) groups excluding carboxylic acids is 1. The van der Waals surface area contributed by atoms with Crippen molar-refractivity contribution in [1.29, 1.82) is 0 Å². The maximum atomic E-state index is 10.9. The third-order valence-electron chi connectivity index (χ3n) is 2.64. The highest BCUT2D eigenvalue weighted by atomic mass is 16.1. The predicted octanol–water partition coefficient (Wildman–Crippen LogP) is 3.88. The van der Waals surface area contributed by atoms with Gasteiger partial charge in [-0.1, -0.05) is 20.8 Å². The van der Waals surface area contributed by atoms with Crippen molar-refractivity contribution in [2.24, 2.45) is 5.41 Å². The van der Waals surface area contributed by atoms with Crippen molar-refractivity contribution in [3.8, 4) is 0 Å². The molecule has 3 nitrogen and oxygen atoms in total. The fraction of sp³-hybridized carbons (Fsp3) is 0.533. The van der Waals surface area contributed by atoms with Crippen LogP contribution in [-0.2, 0) is 4.79 Å². The molecule has 1 aromatic carbocycles. The Bertz CT molecular complexity index is 376. The van der Waals surface area contributed by atoms with Gasteiger partial charge in [0.2, 0.25) is 5.91 Å². The van der Waals surface area contributed by atoms with Crippen molar-refractivity contribution in [1.82, 2.24) is 0 Å². The summed E-state index contributed by atoms with van der Waals surface area (Å²) in [6.07, 6.45) is 2.38. The van der Waals surface area contributed by atoms with Gasteiger partial charge in [-0.05, 0) is 42.5 Å². The Morgan fingerprint density at radius 2 is 1.67 bits per heavy atom. The molecule has 0 spiro atoms. The Morgan fingerprint density at radius 1 is 1.11 bits per heavy atom. The normalized spacial score (nSPS) is 11.1. The summed E-state index contributed by atoms with van der Waals surface area (Å²) in [5, 5.41) is 6.14. The molecule has 0 atom stereocenters. The van der Waals surface area contributed by atoms with Crippen LogP contribution in [0, 0.1) is 5.41 Å². The monoisotopic (exact) mass is 248 g/mol. The first-order chi connectivity index (χ1) is 8.37. The SMILES string of the molecule is CC(=O)Nc1ccc(NCCCC(C)(C)C)cc1. The molecule has 2 N–H and O–H groups in total. The molecule has 0 aliphatic heterocycles.